The molecule has 2 fully saturated rings. The number of nitrogens with zero attached hydrogens (tertiary/aromatic N) is 2. The van der Waals surface area contributed by atoms with E-state index >= 15 is 0 Å². The number of carbonyl (C=O) groups is 2. The van der Waals surface area contributed by atoms with Crippen molar-refractivity contribution in [3.63, 3.8) is 0 Å². The number of ether oxygens (including phenoxy) is 3. The highest BCUT2D eigenvalue weighted by molar-refractivity contribution is 6.23. The number of rotatable bonds is 9. The molecule has 2 heterocycles. The Hall–Kier alpha value is -4.04. The minimum absolute atomic E-state index is 0.314. The Bertz CT molecular complexity index is 1260. The smallest absolute Gasteiger partial charge is 0.266 e. The number of unbranched alkanes of at least 4 members (excludes halogenated alkanes) is 1. The van der Waals surface area contributed by atoms with E-state index in [1.54, 1.807) is 43.5 Å². The van der Waals surface area contributed by atoms with Gasteiger partial charge in [0.25, 0.3) is 5.91 Å². The molecule has 3 aromatic carbocycles. The van der Waals surface area contributed by atoms with Gasteiger partial charge in [0.15, 0.2) is 17.6 Å². The zero-order valence-corrected chi connectivity index (χ0v) is 21.1. The number of methoxy groups -OCH3 is 2. The highest BCUT2D eigenvalue weighted by atomic mass is 16.7. The number of hydrogen-bond acceptors (Lipinski definition) is 7. The first kappa shape index (κ1) is 24.6. The number of hydrogen-bond donors (Lipinski definition) is 0. The molecule has 0 aromatic heterocycles. The first-order valence-corrected chi connectivity index (χ1v) is 12.4. The molecule has 2 aliphatic rings. The van der Waals surface area contributed by atoms with Crippen molar-refractivity contribution in [1.82, 2.24) is 0 Å². The maximum Gasteiger partial charge on any atom is 0.266 e. The van der Waals surface area contributed by atoms with Gasteiger partial charge in [-0.15, -0.1) is 0 Å². The number of benzene rings is 3. The Balaban J connectivity index is 1.53. The van der Waals surface area contributed by atoms with Crippen molar-refractivity contribution in [2.45, 2.75) is 31.9 Å². The van der Waals surface area contributed by atoms with Crippen LogP contribution in [-0.2, 0) is 14.4 Å². The molecule has 0 spiro atoms. The third-order valence-electron chi connectivity index (χ3n) is 6.74. The average molecular weight is 503 g/mol. The van der Waals surface area contributed by atoms with Gasteiger partial charge in [-0.1, -0.05) is 37.6 Å². The lowest BCUT2D eigenvalue weighted by Gasteiger charge is -2.29. The molecule has 37 heavy (non-hydrogen) atoms. The fraction of sp³-hybridized carbons (Fsp3) is 0.310. The van der Waals surface area contributed by atoms with Gasteiger partial charge in [-0.2, -0.15) is 0 Å². The molecular formula is C29H30N2O6. The molecule has 8 heteroatoms. The minimum Gasteiger partial charge on any atom is -0.497 e. The molecule has 2 saturated heterocycles. The van der Waals surface area contributed by atoms with Gasteiger partial charge in [-0.05, 0) is 60.5 Å². The van der Waals surface area contributed by atoms with Crippen LogP contribution in [0, 0.1) is 5.92 Å². The third-order valence-corrected chi connectivity index (χ3v) is 6.74. The lowest BCUT2D eigenvalue weighted by atomic mass is 9.90. The predicted molar refractivity (Wildman–Crippen MR) is 139 cm³/mol. The minimum atomic E-state index is -0.953. The van der Waals surface area contributed by atoms with Gasteiger partial charge < -0.3 is 14.2 Å². The standard InChI is InChI=1S/C29H30N2O6/c1-4-5-17-36-23-16-11-19(18-24(23)35-3)26-25-27(37-31(26)21-9-7-6-8-10-21)29(33)30(28(25)32)20-12-14-22(34-2)15-13-20/h6-16,18,25-27H,4-5,17H2,1-3H3/t25-,26+,27-/m1/s1. The van der Waals surface area contributed by atoms with Gasteiger partial charge in [0.1, 0.15) is 11.7 Å². The van der Waals surface area contributed by atoms with Crippen molar-refractivity contribution in [3.05, 3.63) is 78.4 Å². The van der Waals surface area contributed by atoms with E-state index in [1.165, 1.54) is 4.90 Å². The first-order chi connectivity index (χ1) is 18.1. The number of anilines is 2. The van der Waals surface area contributed by atoms with Crippen LogP contribution in [0.4, 0.5) is 11.4 Å². The SMILES string of the molecule is CCCCOc1ccc([C@H]2[C@H]3C(=O)N(c4ccc(OC)cc4)C(=O)[C@@H]3ON2c2ccccc2)cc1OC. The Kier molecular flexibility index (Phi) is 7.01. The second kappa shape index (κ2) is 10.5. The quantitative estimate of drug-likeness (QED) is 0.303. The van der Waals surface area contributed by atoms with Crippen molar-refractivity contribution in [3.8, 4) is 17.2 Å². The molecule has 2 amide bonds. The molecule has 0 bridgehead atoms. The van der Waals surface area contributed by atoms with Crippen LogP contribution in [-0.4, -0.2) is 38.7 Å². The van der Waals surface area contributed by atoms with E-state index in [0.717, 1.165) is 24.1 Å². The largest absolute Gasteiger partial charge is 0.497 e. The highest BCUT2D eigenvalue weighted by Gasteiger charge is 2.60. The summed E-state index contributed by atoms with van der Waals surface area (Å²) in [6.07, 6.45) is 1.01. The summed E-state index contributed by atoms with van der Waals surface area (Å²) in [4.78, 5) is 34.8. The van der Waals surface area contributed by atoms with E-state index in [0.29, 0.717) is 29.5 Å². The van der Waals surface area contributed by atoms with Gasteiger partial charge in [-0.3, -0.25) is 14.4 Å². The monoisotopic (exact) mass is 502 g/mol. The van der Waals surface area contributed by atoms with E-state index in [9.17, 15) is 9.59 Å². The summed E-state index contributed by atoms with van der Waals surface area (Å²) in [5.41, 5.74) is 2.02. The summed E-state index contributed by atoms with van der Waals surface area (Å²) in [5, 5.41) is 1.67. The van der Waals surface area contributed by atoms with Gasteiger partial charge in [-0.25, -0.2) is 9.96 Å². The van der Waals surface area contributed by atoms with E-state index in [1.807, 2.05) is 48.5 Å². The van der Waals surface area contributed by atoms with Gasteiger partial charge >= 0.3 is 0 Å². The molecule has 0 aliphatic carbocycles. The van der Waals surface area contributed by atoms with Crippen molar-refractivity contribution in [1.29, 1.82) is 0 Å². The number of fused-ring (bicyclic) bond motifs is 1. The Labute approximate surface area is 216 Å². The van der Waals surface area contributed by atoms with Gasteiger partial charge in [0, 0.05) is 0 Å². The molecular weight excluding hydrogens is 472 g/mol. The molecule has 192 valence electrons. The molecule has 5 rings (SSSR count). The topological polar surface area (TPSA) is 77.5 Å². The summed E-state index contributed by atoms with van der Waals surface area (Å²) >= 11 is 0. The molecule has 3 atom stereocenters. The zero-order valence-electron chi connectivity index (χ0n) is 21.1. The van der Waals surface area contributed by atoms with Crippen molar-refractivity contribution < 1.29 is 28.6 Å². The van der Waals surface area contributed by atoms with Crippen LogP contribution >= 0.6 is 0 Å². The summed E-state index contributed by atoms with van der Waals surface area (Å²) < 4.78 is 16.8. The van der Waals surface area contributed by atoms with E-state index in [4.69, 9.17) is 19.0 Å². The summed E-state index contributed by atoms with van der Waals surface area (Å²) in [6.45, 7) is 2.69. The van der Waals surface area contributed by atoms with E-state index in [-0.39, 0.29) is 5.91 Å². The fourth-order valence-electron chi connectivity index (χ4n) is 4.85. The number of imide groups is 1. The zero-order chi connectivity index (χ0) is 25.9. The van der Waals surface area contributed by atoms with Crippen molar-refractivity contribution in [2.75, 3.05) is 30.8 Å². The van der Waals surface area contributed by atoms with Crippen LogP contribution < -0.4 is 24.2 Å². The van der Waals surface area contributed by atoms with E-state index in [2.05, 4.69) is 6.92 Å². The Morgan fingerprint density at radius 3 is 2.27 bits per heavy atom. The van der Waals surface area contributed by atoms with Crippen molar-refractivity contribution >= 4 is 23.2 Å². The van der Waals surface area contributed by atoms with Crippen LogP contribution in [0.1, 0.15) is 31.4 Å². The van der Waals surface area contributed by atoms with Gasteiger partial charge in [0.2, 0.25) is 5.91 Å². The van der Waals surface area contributed by atoms with E-state index < -0.39 is 24.0 Å². The number of para-hydroxylation sites is 1. The molecule has 0 radical (unpaired) electrons. The van der Waals surface area contributed by atoms with Crippen LogP contribution in [0.15, 0.2) is 72.8 Å². The van der Waals surface area contributed by atoms with Crippen LogP contribution in [0.2, 0.25) is 0 Å². The molecule has 3 aromatic rings. The second-order valence-corrected chi connectivity index (χ2v) is 8.98. The number of carbonyl (C=O) groups excluding carboxylic acids is 2. The van der Waals surface area contributed by atoms with Crippen LogP contribution in [0.5, 0.6) is 17.2 Å². The molecule has 0 saturated carbocycles. The average Bonchev–Trinajstić information content (AvgIpc) is 3.45. The maximum atomic E-state index is 13.8. The summed E-state index contributed by atoms with van der Waals surface area (Å²) in [5.74, 6) is 0.386. The summed E-state index contributed by atoms with van der Waals surface area (Å²) in [7, 11) is 3.15. The third kappa shape index (κ3) is 4.49. The lowest BCUT2D eigenvalue weighted by Crippen LogP contribution is -2.37. The maximum absolute atomic E-state index is 13.8. The Morgan fingerprint density at radius 2 is 1.59 bits per heavy atom. The predicted octanol–water partition coefficient (Wildman–Crippen LogP) is 4.93. The summed E-state index contributed by atoms with van der Waals surface area (Å²) in [6, 6.07) is 21.4. The number of hydroxylamine groups is 1. The van der Waals surface area contributed by atoms with Crippen molar-refractivity contribution in [2.24, 2.45) is 5.92 Å². The second-order valence-electron chi connectivity index (χ2n) is 8.98. The molecule has 2 aliphatic heterocycles. The molecule has 8 nitrogen and oxygen atoms in total. The van der Waals surface area contributed by atoms with Crippen LogP contribution in [0.3, 0.4) is 0 Å². The fourth-order valence-corrected chi connectivity index (χ4v) is 4.85. The van der Waals surface area contributed by atoms with Crippen LogP contribution in [0.25, 0.3) is 0 Å². The normalized spacial score (nSPS) is 20.8. The lowest BCUT2D eigenvalue weighted by molar-refractivity contribution is -0.126. The number of amides is 2. The molecule has 0 N–H and O–H groups in total. The molecule has 0 unspecified atom stereocenters. The highest BCUT2D eigenvalue weighted by Crippen LogP contribution is 2.48. The Morgan fingerprint density at radius 1 is 0.838 bits per heavy atom. The van der Waals surface area contributed by atoms with Gasteiger partial charge in [0.05, 0.1) is 38.2 Å². The first-order valence-electron chi connectivity index (χ1n) is 12.4.